The molecular weight excluding hydrogens is 352 g/mol. The zero-order valence-corrected chi connectivity index (χ0v) is 18.2. The molecule has 156 valence electrons. The number of unbranched alkanes of at least 4 members (excludes halogenated alkanes) is 2. The maximum Gasteiger partial charge on any atom is 0.0716 e. The Balaban J connectivity index is 1.44. The normalized spacial score (nSPS) is 19.2. The average Bonchev–Trinajstić information content (AvgIpc) is 2.79. The standard InChI is InChI=1S/C28H38O/c1-3-5-6-21-29-22-26-15-19-28(20-16-26)27-17-13-25(14-18-27)12-11-24-9-7-23(4-2)8-10-24/h4,13-20,23-24H,2-3,5-12,21-22H2,1H3/t23-,24-. The first-order valence-electron chi connectivity index (χ1n) is 11.7. The molecular formula is C28H38O. The summed E-state index contributed by atoms with van der Waals surface area (Å²) in [5.74, 6) is 1.67. The lowest BCUT2D eigenvalue weighted by atomic mass is 9.79. The molecule has 1 aliphatic rings. The van der Waals surface area contributed by atoms with Crippen LogP contribution in [0, 0.1) is 11.8 Å². The summed E-state index contributed by atoms with van der Waals surface area (Å²) in [4.78, 5) is 0. The van der Waals surface area contributed by atoms with Crippen LogP contribution >= 0.6 is 0 Å². The maximum atomic E-state index is 5.77. The van der Waals surface area contributed by atoms with E-state index >= 15 is 0 Å². The van der Waals surface area contributed by atoms with E-state index in [9.17, 15) is 0 Å². The number of benzene rings is 2. The quantitative estimate of drug-likeness (QED) is 0.279. The summed E-state index contributed by atoms with van der Waals surface area (Å²) >= 11 is 0. The third-order valence-corrected chi connectivity index (χ3v) is 6.47. The smallest absolute Gasteiger partial charge is 0.0716 e. The Morgan fingerprint density at radius 1 is 0.862 bits per heavy atom. The van der Waals surface area contributed by atoms with Crippen LogP contribution in [0.4, 0.5) is 0 Å². The number of ether oxygens (including phenoxy) is 1. The SMILES string of the molecule is C=C[C@H]1CC[C@H](CCc2ccc(-c3ccc(COCCCCC)cc3)cc2)CC1. The lowest BCUT2D eigenvalue weighted by molar-refractivity contribution is 0.117. The van der Waals surface area contributed by atoms with E-state index in [1.807, 2.05) is 0 Å². The van der Waals surface area contributed by atoms with Crippen LogP contribution in [0.1, 0.15) is 69.4 Å². The molecule has 1 nitrogen and oxygen atoms in total. The molecule has 0 saturated heterocycles. The predicted molar refractivity (Wildman–Crippen MR) is 125 cm³/mol. The van der Waals surface area contributed by atoms with E-state index in [1.165, 1.54) is 73.6 Å². The van der Waals surface area contributed by atoms with Gasteiger partial charge in [-0.3, -0.25) is 0 Å². The van der Waals surface area contributed by atoms with Crippen molar-refractivity contribution in [2.75, 3.05) is 6.61 Å². The molecule has 2 aromatic carbocycles. The van der Waals surface area contributed by atoms with Crippen LogP contribution < -0.4 is 0 Å². The van der Waals surface area contributed by atoms with E-state index in [1.54, 1.807) is 0 Å². The van der Waals surface area contributed by atoms with Crippen LogP contribution in [0.5, 0.6) is 0 Å². The third kappa shape index (κ3) is 7.16. The van der Waals surface area contributed by atoms with Gasteiger partial charge in [0.25, 0.3) is 0 Å². The van der Waals surface area contributed by atoms with Crippen LogP contribution in [0.15, 0.2) is 61.2 Å². The van der Waals surface area contributed by atoms with Crippen LogP contribution in [-0.4, -0.2) is 6.61 Å². The number of aryl methyl sites for hydroxylation is 1. The van der Waals surface area contributed by atoms with Crippen molar-refractivity contribution in [2.24, 2.45) is 11.8 Å². The molecule has 1 fully saturated rings. The minimum atomic E-state index is 0.720. The van der Waals surface area contributed by atoms with Crippen LogP contribution in [0.3, 0.4) is 0 Å². The van der Waals surface area contributed by atoms with Gasteiger partial charge in [0, 0.05) is 6.61 Å². The molecule has 29 heavy (non-hydrogen) atoms. The van der Waals surface area contributed by atoms with Crippen molar-refractivity contribution in [1.29, 1.82) is 0 Å². The van der Waals surface area contributed by atoms with Crippen molar-refractivity contribution in [3.8, 4) is 11.1 Å². The molecule has 0 bridgehead atoms. The molecule has 1 heteroatoms. The molecule has 0 N–H and O–H groups in total. The number of allylic oxidation sites excluding steroid dienone is 1. The highest BCUT2D eigenvalue weighted by molar-refractivity contribution is 5.63. The summed E-state index contributed by atoms with van der Waals surface area (Å²) in [6.45, 7) is 7.77. The highest BCUT2D eigenvalue weighted by Crippen LogP contribution is 2.32. The van der Waals surface area contributed by atoms with E-state index in [0.29, 0.717) is 0 Å². The second-order valence-electron chi connectivity index (χ2n) is 8.71. The number of hydrogen-bond donors (Lipinski definition) is 0. The lowest BCUT2D eigenvalue weighted by Crippen LogP contribution is -2.13. The largest absolute Gasteiger partial charge is 0.377 e. The Labute approximate surface area is 178 Å². The number of rotatable bonds is 11. The molecule has 0 amide bonds. The Bertz CT molecular complexity index is 705. The van der Waals surface area contributed by atoms with Gasteiger partial charge in [-0.25, -0.2) is 0 Å². The molecule has 3 rings (SSSR count). The van der Waals surface area contributed by atoms with E-state index < -0.39 is 0 Å². The zero-order chi connectivity index (χ0) is 20.3. The van der Waals surface area contributed by atoms with Crippen molar-refractivity contribution in [3.05, 3.63) is 72.3 Å². The molecule has 1 saturated carbocycles. The second kappa shape index (κ2) is 12.0. The van der Waals surface area contributed by atoms with Gasteiger partial charge in [-0.15, -0.1) is 6.58 Å². The van der Waals surface area contributed by atoms with Gasteiger partial charge in [0.1, 0.15) is 0 Å². The predicted octanol–water partition coefficient (Wildman–Crippen LogP) is 7.99. The molecule has 0 spiro atoms. The minimum absolute atomic E-state index is 0.720. The van der Waals surface area contributed by atoms with E-state index in [-0.39, 0.29) is 0 Å². The molecule has 0 aromatic heterocycles. The fourth-order valence-electron chi connectivity index (χ4n) is 4.38. The molecule has 0 radical (unpaired) electrons. The highest BCUT2D eigenvalue weighted by Gasteiger charge is 2.18. The maximum absolute atomic E-state index is 5.77. The van der Waals surface area contributed by atoms with Crippen molar-refractivity contribution < 1.29 is 4.74 Å². The lowest BCUT2D eigenvalue weighted by Gasteiger charge is -2.26. The summed E-state index contributed by atoms with van der Waals surface area (Å²) in [7, 11) is 0. The summed E-state index contributed by atoms with van der Waals surface area (Å²) < 4.78 is 5.77. The van der Waals surface area contributed by atoms with Crippen LogP contribution in [-0.2, 0) is 17.8 Å². The van der Waals surface area contributed by atoms with Gasteiger partial charge < -0.3 is 4.74 Å². The minimum Gasteiger partial charge on any atom is -0.377 e. The van der Waals surface area contributed by atoms with E-state index in [2.05, 4.69) is 68.1 Å². The molecule has 2 aromatic rings. The summed E-state index contributed by atoms with van der Waals surface area (Å²) in [5.41, 5.74) is 5.31. The van der Waals surface area contributed by atoms with Gasteiger partial charge in [0.2, 0.25) is 0 Å². The molecule has 1 aliphatic carbocycles. The zero-order valence-electron chi connectivity index (χ0n) is 18.2. The fourth-order valence-corrected chi connectivity index (χ4v) is 4.38. The van der Waals surface area contributed by atoms with Gasteiger partial charge in [-0.1, -0.05) is 74.4 Å². The molecule has 0 aliphatic heterocycles. The topological polar surface area (TPSA) is 9.23 Å². The van der Waals surface area contributed by atoms with Gasteiger partial charge >= 0.3 is 0 Å². The van der Waals surface area contributed by atoms with Crippen molar-refractivity contribution in [1.82, 2.24) is 0 Å². The fraction of sp³-hybridized carbons (Fsp3) is 0.500. The molecule has 0 unspecified atom stereocenters. The first-order chi connectivity index (χ1) is 14.3. The first kappa shape index (κ1) is 21.8. The van der Waals surface area contributed by atoms with Gasteiger partial charge in [-0.2, -0.15) is 0 Å². The van der Waals surface area contributed by atoms with Gasteiger partial charge in [-0.05, 0) is 79.0 Å². The first-order valence-corrected chi connectivity index (χ1v) is 11.7. The second-order valence-corrected chi connectivity index (χ2v) is 8.71. The molecule has 0 heterocycles. The Hall–Kier alpha value is -1.86. The van der Waals surface area contributed by atoms with E-state index in [0.717, 1.165) is 31.5 Å². The Kier molecular flexibility index (Phi) is 9.02. The third-order valence-electron chi connectivity index (χ3n) is 6.47. The summed E-state index contributed by atoms with van der Waals surface area (Å²) in [6.07, 6.45) is 13.8. The summed E-state index contributed by atoms with van der Waals surface area (Å²) in [5, 5.41) is 0. The monoisotopic (exact) mass is 390 g/mol. The van der Waals surface area contributed by atoms with Crippen LogP contribution in [0.25, 0.3) is 11.1 Å². The summed E-state index contributed by atoms with van der Waals surface area (Å²) in [6, 6.07) is 18.0. The Morgan fingerprint density at radius 3 is 2.07 bits per heavy atom. The van der Waals surface area contributed by atoms with Crippen LogP contribution in [0.2, 0.25) is 0 Å². The van der Waals surface area contributed by atoms with Gasteiger partial charge in [0.15, 0.2) is 0 Å². The number of hydrogen-bond acceptors (Lipinski definition) is 1. The van der Waals surface area contributed by atoms with E-state index in [4.69, 9.17) is 4.74 Å². The Morgan fingerprint density at radius 2 is 1.48 bits per heavy atom. The van der Waals surface area contributed by atoms with Crippen molar-refractivity contribution >= 4 is 0 Å². The average molecular weight is 391 g/mol. The highest BCUT2D eigenvalue weighted by atomic mass is 16.5. The molecule has 0 atom stereocenters. The van der Waals surface area contributed by atoms with Gasteiger partial charge in [0.05, 0.1) is 6.61 Å². The van der Waals surface area contributed by atoms with Crippen molar-refractivity contribution in [3.63, 3.8) is 0 Å². The van der Waals surface area contributed by atoms with Crippen molar-refractivity contribution in [2.45, 2.75) is 71.3 Å².